The molecule has 1 unspecified atom stereocenters. The minimum Gasteiger partial charge on any atom is -0.356 e. The summed E-state index contributed by atoms with van der Waals surface area (Å²) in [5, 5.41) is 2.93. The zero-order valence-electron chi connectivity index (χ0n) is 14.4. The summed E-state index contributed by atoms with van der Waals surface area (Å²) in [5.41, 5.74) is 1.40. The summed E-state index contributed by atoms with van der Waals surface area (Å²) in [5.74, 6) is 1.23. The quantitative estimate of drug-likeness (QED) is 0.816. The Morgan fingerprint density at radius 3 is 2.58 bits per heavy atom. The van der Waals surface area contributed by atoms with Crippen LogP contribution in [0.1, 0.15) is 56.4 Å². The van der Waals surface area contributed by atoms with E-state index in [0.717, 1.165) is 51.6 Å². The summed E-state index contributed by atoms with van der Waals surface area (Å²) in [6.07, 6.45) is 6.63. The molecule has 2 aliphatic rings. The summed E-state index contributed by atoms with van der Waals surface area (Å²) in [4.78, 5) is 26.0. The maximum atomic E-state index is 12.4. The van der Waals surface area contributed by atoms with Crippen molar-refractivity contribution in [2.24, 2.45) is 5.92 Å². The summed E-state index contributed by atoms with van der Waals surface area (Å²) in [6.45, 7) is 2.35. The molecular weight excluding hydrogens is 300 g/mol. The summed E-state index contributed by atoms with van der Waals surface area (Å²) >= 11 is 0. The Morgan fingerprint density at radius 1 is 1.04 bits per heavy atom. The summed E-state index contributed by atoms with van der Waals surface area (Å²) in [7, 11) is 0. The largest absolute Gasteiger partial charge is 0.356 e. The van der Waals surface area contributed by atoms with Crippen LogP contribution in [-0.2, 0) is 9.59 Å². The molecule has 4 heteroatoms. The number of carbonyl (C=O) groups excluding carboxylic acids is 2. The molecule has 130 valence electrons. The molecule has 0 aromatic heterocycles. The number of nitrogens with zero attached hydrogens (tertiary/aromatic N) is 1. The molecule has 0 spiro atoms. The molecule has 0 bridgehead atoms. The zero-order chi connectivity index (χ0) is 16.8. The lowest BCUT2D eigenvalue weighted by Crippen LogP contribution is -2.33. The Morgan fingerprint density at radius 2 is 1.83 bits per heavy atom. The molecule has 24 heavy (non-hydrogen) atoms. The van der Waals surface area contributed by atoms with Gasteiger partial charge in [-0.1, -0.05) is 30.3 Å². The van der Waals surface area contributed by atoms with Crippen LogP contribution in [0.3, 0.4) is 0 Å². The highest BCUT2D eigenvalue weighted by Gasteiger charge is 2.29. The second-order valence-electron chi connectivity index (χ2n) is 7.09. The molecule has 1 aliphatic heterocycles. The summed E-state index contributed by atoms with van der Waals surface area (Å²) in [6, 6.07) is 10.6. The minimum absolute atomic E-state index is 0.169. The molecule has 1 aromatic carbocycles. The lowest BCUT2D eigenvalue weighted by Gasteiger charge is -2.21. The van der Waals surface area contributed by atoms with Gasteiger partial charge >= 0.3 is 0 Å². The van der Waals surface area contributed by atoms with Gasteiger partial charge in [-0.05, 0) is 50.0 Å². The van der Waals surface area contributed by atoms with E-state index < -0.39 is 0 Å². The third-order valence-electron chi connectivity index (χ3n) is 5.17. The average Bonchev–Trinajstić information content (AvgIpc) is 3.45. The second-order valence-corrected chi connectivity index (χ2v) is 7.09. The first kappa shape index (κ1) is 17.0. The number of rotatable bonds is 6. The van der Waals surface area contributed by atoms with E-state index in [1.54, 1.807) is 0 Å². The van der Waals surface area contributed by atoms with Crippen molar-refractivity contribution in [3.05, 3.63) is 35.9 Å². The normalized spacial score (nSPS) is 21.2. The fraction of sp³-hybridized carbons (Fsp3) is 0.600. The second kappa shape index (κ2) is 8.32. The molecule has 1 aliphatic carbocycles. The first-order valence-electron chi connectivity index (χ1n) is 9.34. The smallest absolute Gasteiger partial charge is 0.223 e. The maximum Gasteiger partial charge on any atom is 0.223 e. The van der Waals surface area contributed by atoms with Crippen molar-refractivity contribution >= 4 is 11.8 Å². The van der Waals surface area contributed by atoms with Gasteiger partial charge in [0.1, 0.15) is 0 Å². The first-order chi connectivity index (χ1) is 11.7. The highest BCUT2D eigenvalue weighted by Crippen LogP contribution is 2.29. The molecule has 2 amide bonds. The van der Waals surface area contributed by atoms with Gasteiger partial charge in [0.2, 0.25) is 11.8 Å². The third-order valence-corrected chi connectivity index (χ3v) is 5.17. The molecule has 1 N–H and O–H groups in total. The topological polar surface area (TPSA) is 49.4 Å². The highest BCUT2D eigenvalue weighted by atomic mass is 16.2. The van der Waals surface area contributed by atoms with E-state index in [1.165, 1.54) is 5.56 Å². The number of hydrogen-bond donors (Lipinski definition) is 1. The molecular formula is C20H28N2O2. The van der Waals surface area contributed by atoms with Gasteiger partial charge in [0.05, 0.1) is 0 Å². The van der Waals surface area contributed by atoms with Crippen molar-refractivity contribution < 1.29 is 9.59 Å². The van der Waals surface area contributed by atoms with Gasteiger partial charge in [0.25, 0.3) is 0 Å². The SMILES string of the molecule is O=C(NCCCC(=O)N1CCCC(c2ccccc2)CC1)C1CC1. The molecule has 1 heterocycles. The Labute approximate surface area is 144 Å². The molecule has 2 fully saturated rings. The van der Waals surface area contributed by atoms with Crippen LogP contribution in [0.5, 0.6) is 0 Å². The van der Waals surface area contributed by atoms with Crippen molar-refractivity contribution in [1.82, 2.24) is 10.2 Å². The molecule has 4 nitrogen and oxygen atoms in total. The lowest BCUT2D eigenvalue weighted by molar-refractivity contribution is -0.131. The molecule has 1 atom stereocenters. The highest BCUT2D eigenvalue weighted by molar-refractivity contribution is 5.81. The Hall–Kier alpha value is -1.84. The van der Waals surface area contributed by atoms with Crippen LogP contribution < -0.4 is 5.32 Å². The number of benzene rings is 1. The van der Waals surface area contributed by atoms with E-state index in [1.807, 2.05) is 4.90 Å². The average molecular weight is 328 g/mol. The molecule has 3 rings (SSSR count). The number of amides is 2. The van der Waals surface area contributed by atoms with Gasteiger partial charge in [0, 0.05) is 32.0 Å². The van der Waals surface area contributed by atoms with E-state index in [0.29, 0.717) is 18.9 Å². The van der Waals surface area contributed by atoms with Crippen LogP contribution in [0.25, 0.3) is 0 Å². The van der Waals surface area contributed by atoms with E-state index in [9.17, 15) is 9.59 Å². The maximum absolute atomic E-state index is 12.4. The molecule has 1 saturated carbocycles. The fourth-order valence-corrected chi connectivity index (χ4v) is 3.50. The van der Waals surface area contributed by atoms with E-state index in [2.05, 4.69) is 35.6 Å². The predicted molar refractivity (Wildman–Crippen MR) is 94.6 cm³/mol. The van der Waals surface area contributed by atoms with Crippen molar-refractivity contribution in [3.8, 4) is 0 Å². The van der Waals surface area contributed by atoms with Crippen LogP contribution in [0.15, 0.2) is 30.3 Å². The number of hydrogen-bond acceptors (Lipinski definition) is 2. The van der Waals surface area contributed by atoms with Gasteiger partial charge in [-0.15, -0.1) is 0 Å². The Bertz CT molecular complexity index is 554. The molecule has 1 saturated heterocycles. The van der Waals surface area contributed by atoms with E-state index >= 15 is 0 Å². The predicted octanol–water partition coefficient (Wildman–Crippen LogP) is 3.09. The van der Waals surface area contributed by atoms with Gasteiger partial charge in [-0.3, -0.25) is 9.59 Å². The van der Waals surface area contributed by atoms with Gasteiger partial charge in [-0.2, -0.15) is 0 Å². The fourth-order valence-electron chi connectivity index (χ4n) is 3.50. The number of nitrogens with one attached hydrogen (secondary N) is 1. The van der Waals surface area contributed by atoms with Crippen LogP contribution >= 0.6 is 0 Å². The van der Waals surface area contributed by atoms with Gasteiger partial charge in [-0.25, -0.2) is 0 Å². The van der Waals surface area contributed by atoms with Crippen molar-refractivity contribution in [3.63, 3.8) is 0 Å². The third kappa shape index (κ3) is 4.83. The van der Waals surface area contributed by atoms with Crippen LogP contribution in [0.4, 0.5) is 0 Å². The van der Waals surface area contributed by atoms with Crippen LogP contribution in [0.2, 0.25) is 0 Å². The van der Waals surface area contributed by atoms with E-state index in [-0.39, 0.29) is 17.7 Å². The van der Waals surface area contributed by atoms with Crippen molar-refractivity contribution in [2.45, 2.75) is 50.9 Å². The Kier molecular flexibility index (Phi) is 5.89. The standard InChI is InChI=1S/C20H28N2O2/c23-19(9-4-13-21-20(24)18-10-11-18)22-14-5-8-17(12-15-22)16-6-2-1-3-7-16/h1-3,6-7,17-18H,4-5,8-15H2,(H,21,24). The lowest BCUT2D eigenvalue weighted by atomic mass is 9.92. The van der Waals surface area contributed by atoms with Crippen LogP contribution in [-0.4, -0.2) is 36.3 Å². The summed E-state index contributed by atoms with van der Waals surface area (Å²) < 4.78 is 0. The van der Waals surface area contributed by atoms with Crippen molar-refractivity contribution in [2.75, 3.05) is 19.6 Å². The Balaban J connectivity index is 1.38. The van der Waals surface area contributed by atoms with Crippen molar-refractivity contribution in [1.29, 1.82) is 0 Å². The molecule has 0 radical (unpaired) electrons. The minimum atomic E-state index is 0.169. The van der Waals surface area contributed by atoms with E-state index in [4.69, 9.17) is 0 Å². The van der Waals surface area contributed by atoms with Crippen LogP contribution in [0, 0.1) is 5.92 Å². The number of likely N-dealkylation sites (tertiary alicyclic amines) is 1. The van der Waals surface area contributed by atoms with Gasteiger partial charge < -0.3 is 10.2 Å². The van der Waals surface area contributed by atoms with Gasteiger partial charge in [0.15, 0.2) is 0 Å². The zero-order valence-corrected chi connectivity index (χ0v) is 14.4. The molecule has 1 aromatic rings. The number of carbonyl (C=O) groups is 2. The monoisotopic (exact) mass is 328 g/mol. The first-order valence-corrected chi connectivity index (χ1v) is 9.34.